The van der Waals surface area contributed by atoms with Crippen molar-refractivity contribution in [3.05, 3.63) is 52.5 Å². The van der Waals surface area contributed by atoms with Gasteiger partial charge in [-0.15, -0.1) is 0 Å². The van der Waals surface area contributed by atoms with Crippen LogP contribution < -0.4 is 10.2 Å². The van der Waals surface area contributed by atoms with E-state index in [-0.39, 0.29) is 17.1 Å². The second-order valence-electron chi connectivity index (χ2n) is 7.52. The molecule has 1 fully saturated rings. The predicted octanol–water partition coefficient (Wildman–Crippen LogP) is 5.41. The van der Waals surface area contributed by atoms with Crippen LogP contribution in [0.4, 0.5) is 37.7 Å². The van der Waals surface area contributed by atoms with Gasteiger partial charge in [0.05, 0.1) is 44.7 Å². The maximum Gasteiger partial charge on any atom is 0.417 e. The SMILES string of the molecule is C[S@@](=N)(=O)c1cccc(NC(=O)c2cc(Cl)c(C(F)(F)F)cc2N2CCOC(C(F)(F)F)C2)c1. The second kappa shape index (κ2) is 9.27. The Morgan fingerprint density at radius 3 is 2.47 bits per heavy atom. The van der Waals surface area contributed by atoms with Crippen molar-refractivity contribution in [2.45, 2.75) is 23.4 Å². The van der Waals surface area contributed by atoms with Crippen molar-refractivity contribution in [1.82, 2.24) is 0 Å². The van der Waals surface area contributed by atoms with Crippen LogP contribution in [0.25, 0.3) is 0 Å². The Bertz CT molecular complexity index is 1200. The molecule has 1 aliphatic heterocycles. The molecule has 1 aliphatic rings. The third-order valence-corrected chi connectivity index (χ3v) is 6.42. The van der Waals surface area contributed by atoms with Crippen LogP contribution in [0.5, 0.6) is 0 Å². The molecule has 1 heterocycles. The molecular weight excluding hydrogens is 512 g/mol. The number of nitrogens with zero attached hydrogens (tertiary/aromatic N) is 1. The lowest BCUT2D eigenvalue weighted by Crippen LogP contribution is -2.49. The van der Waals surface area contributed by atoms with E-state index in [1.807, 2.05) is 0 Å². The van der Waals surface area contributed by atoms with Crippen molar-refractivity contribution >= 4 is 38.6 Å². The van der Waals surface area contributed by atoms with Gasteiger partial charge in [-0.05, 0) is 30.3 Å². The van der Waals surface area contributed by atoms with Crippen LogP contribution in [0.15, 0.2) is 41.3 Å². The largest absolute Gasteiger partial charge is 0.417 e. The zero-order valence-corrected chi connectivity index (χ0v) is 19.0. The number of hydrogen-bond donors (Lipinski definition) is 2. The number of hydrogen-bond acceptors (Lipinski definition) is 5. The number of anilines is 2. The number of ether oxygens (including phenoxy) is 1. The second-order valence-corrected chi connectivity index (χ2v) is 10.1. The first-order valence-electron chi connectivity index (χ1n) is 9.56. The van der Waals surface area contributed by atoms with Crippen molar-refractivity contribution in [2.75, 3.05) is 36.2 Å². The lowest BCUT2D eigenvalue weighted by atomic mass is 10.0. The Hall–Kier alpha value is -2.51. The van der Waals surface area contributed by atoms with Gasteiger partial charge in [-0.25, -0.2) is 8.99 Å². The first-order chi connectivity index (χ1) is 15.6. The summed E-state index contributed by atoms with van der Waals surface area (Å²) in [6, 6.07) is 6.74. The number of carbonyl (C=O) groups is 1. The van der Waals surface area contributed by atoms with Gasteiger partial charge in [0.2, 0.25) is 0 Å². The number of halogens is 7. The summed E-state index contributed by atoms with van der Waals surface area (Å²) in [5, 5.41) is 1.60. The van der Waals surface area contributed by atoms with E-state index in [1.165, 1.54) is 24.3 Å². The Balaban J connectivity index is 2.04. The standard InChI is InChI=1S/C20H18ClF6N3O3S/c1-34(28,32)12-4-2-3-11(7-12)29-18(31)13-8-15(21)14(19(22,23)24)9-16(13)30-5-6-33-17(10-30)20(25,26)27/h2-4,7-9,17,28H,5-6,10H2,1H3,(H,29,31)/t17?,34-/m1/s1. The van der Waals surface area contributed by atoms with E-state index in [0.29, 0.717) is 6.07 Å². The van der Waals surface area contributed by atoms with E-state index in [9.17, 15) is 35.3 Å². The smallest absolute Gasteiger partial charge is 0.366 e. The highest BCUT2D eigenvalue weighted by Crippen LogP contribution is 2.40. The third kappa shape index (κ3) is 5.94. The molecule has 2 aromatic rings. The number of rotatable bonds is 4. The zero-order chi connectivity index (χ0) is 25.5. The molecule has 0 aliphatic carbocycles. The normalized spacial score (nSPS) is 18.9. The minimum atomic E-state index is -4.92. The summed E-state index contributed by atoms with van der Waals surface area (Å²) < 4.78 is 104. The topological polar surface area (TPSA) is 82.5 Å². The lowest BCUT2D eigenvalue weighted by molar-refractivity contribution is -0.221. The quantitative estimate of drug-likeness (QED) is 0.519. The van der Waals surface area contributed by atoms with Crippen LogP contribution in [-0.2, 0) is 20.6 Å². The summed E-state index contributed by atoms with van der Waals surface area (Å²) in [5.74, 6) is -0.953. The number of amides is 1. The van der Waals surface area contributed by atoms with Crippen molar-refractivity contribution in [2.24, 2.45) is 0 Å². The maximum absolute atomic E-state index is 13.4. The number of morpholine rings is 1. The molecule has 0 saturated carbocycles. The molecule has 2 N–H and O–H groups in total. The molecule has 2 atom stereocenters. The van der Waals surface area contributed by atoms with Gasteiger partial charge < -0.3 is 15.0 Å². The lowest BCUT2D eigenvalue weighted by Gasteiger charge is -2.36. The molecule has 2 aromatic carbocycles. The fourth-order valence-corrected chi connectivity index (χ4v) is 4.26. The summed E-state index contributed by atoms with van der Waals surface area (Å²) in [7, 11) is -3.13. The molecule has 1 amide bonds. The number of benzene rings is 2. The predicted molar refractivity (Wildman–Crippen MR) is 114 cm³/mol. The molecule has 0 spiro atoms. The molecule has 0 bridgehead atoms. The highest BCUT2D eigenvalue weighted by Gasteiger charge is 2.44. The maximum atomic E-state index is 13.4. The van der Waals surface area contributed by atoms with Gasteiger partial charge in [-0.3, -0.25) is 4.79 Å². The Morgan fingerprint density at radius 1 is 1.21 bits per heavy atom. The van der Waals surface area contributed by atoms with E-state index in [1.54, 1.807) is 0 Å². The van der Waals surface area contributed by atoms with E-state index in [4.69, 9.17) is 21.1 Å². The van der Waals surface area contributed by atoms with Crippen LogP contribution in [0.2, 0.25) is 5.02 Å². The summed E-state index contributed by atoms with van der Waals surface area (Å²) >= 11 is 5.77. The van der Waals surface area contributed by atoms with Crippen molar-refractivity contribution in [3.8, 4) is 0 Å². The van der Waals surface area contributed by atoms with Crippen LogP contribution in [0, 0.1) is 4.78 Å². The Labute approximate surface area is 195 Å². The molecule has 1 saturated heterocycles. The Morgan fingerprint density at radius 2 is 1.88 bits per heavy atom. The highest BCUT2D eigenvalue weighted by molar-refractivity contribution is 7.91. The van der Waals surface area contributed by atoms with E-state index in [0.717, 1.165) is 17.2 Å². The molecule has 3 rings (SSSR count). The molecule has 34 heavy (non-hydrogen) atoms. The van der Waals surface area contributed by atoms with Crippen molar-refractivity contribution in [3.63, 3.8) is 0 Å². The average molecular weight is 530 g/mol. The molecule has 186 valence electrons. The summed E-state index contributed by atoms with van der Waals surface area (Å²) in [6.45, 7) is -1.45. The number of carbonyl (C=O) groups excluding carboxylic acids is 1. The third-order valence-electron chi connectivity index (χ3n) is 4.95. The fourth-order valence-electron chi connectivity index (χ4n) is 3.30. The van der Waals surface area contributed by atoms with E-state index < -0.39 is 69.1 Å². The van der Waals surface area contributed by atoms with Gasteiger partial charge in [-0.2, -0.15) is 26.3 Å². The molecule has 1 unspecified atom stereocenters. The molecule has 0 aromatic heterocycles. The minimum absolute atomic E-state index is 0.0847. The molecular formula is C20H18ClF6N3O3S. The van der Waals surface area contributed by atoms with Crippen LogP contribution in [-0.4, -0.2) is 48.3 Å². The van der Waals surface area contributed by atoms with Crippen molar-refractivity contribution < 1.29 is 40.1 Å². The van der Waals surface area contributed by atoms with Crippen LogP contribution >= 0.6 is 11.6 Å². The fraction of sp³-hybridized carbons (Fsp3) is 0.350. The van der Waals surface area contributed by atoms with Crippen molar-refractivity contribution in [1.29, 1.82) is 4.78 Å². The van der Waals surface area contributed by atoms with Gasteiger partial charge in [0, 0.05) is 23.4 Å². The molecule has 6 nitrogen and oxygen atoms in total. The average Bonchev–Trinajstić information content (AvgIpc) is 2.71. The van der Waals surface area contributed by atoms with Crippen LogP contribution in [0.3, 0.4) is 0 Å². The van der Waals surface area contributed by atoms with Gasteiger partial charge in [0.15, 0.2) is 6.10 Å². The number of alkyl halides is 6. The first kappa shape index (κ1) is 26.1. The van der Waals surface area contributed by atoms with Gasteiger partial charge in [0.25, 0.3) is 5.91 Å². The number of nitrogens with one attached hydrogen (secondary N) is 2. The van der Waals surface area contributed by atoms with Gasteiger partial charge in [0.1, 0.15) is 0 Å². The molecule has 14 heteroatoms. The summed E-state index contributed by atoms with van der Waals surface area (Å²) in [6.07, 6.45) is -10.8. The van der Waals surface area contributed by atoms with Gasteiger partial charge >= 0.3 is 12.4 Å². The van der Waals surface area contributed by atoms with E-state index in [2.05, 4.69) is 5.32 Å². The monoisotopic (exact) mass is 529 g/mol. The van der Waals surface area contributed by atoms with Crippen LogP contribution in [0.1, 0.15) is 15.9 Å². The first-order valence-corrected chi connectivity index (χ1v) is 11.9. The Kier molecular flexibility index (Phi) is 7.11. The molecule has 0 radical (unpaired) electrons. The summed E-state index contributed by atoms with van der Waals surface area (Å²) in [5.41, 5.74) is -2.02. The highest BCUT2D eigenvalue weighted by atomic mass is 35.5. The minimum Gasteiger partial charge on any atom is -0.366 e. The van der Waals surface area contributed by atoms with Gasteiger partial charge in [-0.1, -0.05) is 17.7 Å². The summed E-state index contributed by atoms with van der Waals surface area (Å²) in [4.78, 5) is 14.1. The zero-order valence-electron chi connectivity index (χ0n) is 17.4. The van der Waals surface area contributed by atoms with E-state index >= 15 is 0 Å².